The van der Waals surface area contributed by atoms with Crippen LogP contribution in [-0.2, 0) is 11.2 Å². The normalized spacial score (nSPS) is 12.5. The minimum atomic E-state index is -0.0908. The maximum absolute atomic E-state index is 11.8. The van der Waals surface area contributed by atoms with E-state index in [9.17, 15) is 9.90 Å². The monoisotopic (exact) mass is 264 g/mol. The van der Waals surface area contributed by atoms with Gasteiger partial charge in [-0.1, -0.05) is 30.3 Å². The molecule has 1 aromatic rings. The van der Waals surface area contributed by atoms with E-state index in [0.29, 0.717) is 0 Å². The Kier molecular flexibility index (Phi) is 6.53. The number of nitrogens with zero attached hydrogens (tertiary/aromatic N) is 1. The maximum Gasteiger partial charge on any atom is 0.236 e. The number of nitrogens with one attached hydrogen (secondary N) is 1. The quantitative estimate of drug-likeness (QED) is 0.774. The van der Waals surface area contributed by atoms with Crippen molar-refractivity contribution in [3.05, 3.63) is 35.9 Å². The number of rotatable bonds is 7. The summed E-state index contributed by atoms with van der Waals surface area (Å²) >= 11 is 0. The summed E-state index contributed by atoms with van der Waals surface area (Å²) in [4.78, 5) is 13.5. The lowest BCUT2D eigenvalue weighted by atomic mass is 10.1. The molecule has 0 aliphatic rings. The topological polar surface area (TPSA) is 52.6 Å². The number of aliphatic hydroxyl groups is 1. The van der Waals surface area contributed by atoms with Gasteiger partial charge in [-0.05, 0) is 25.8 Å². The van der Waals surface area contributed by atoms with Gasteiger partial charge in [0, 0.05) is 19.1 Å². The molecular weight excluding hydrogens is 240 g/mol. The molecule has 1 amide bonds. The minimum Gasteiger partial charge on any atom is -0.395 e. The molecule has 0 saturated heterocycles. The van der Waals surface area contributed by atoms with E-state index >= 15 is 0 Å². The predicted molar refractivity (Wildman–Crippen MR) is 76.9 cm³/mol. The second-order valence-corrected chi connectivity index (χ2v) is 5.05. The van der Waals surface area contributed by atoms with Crippen molar-refractivity contribution in [3.63, 3.8) is 0 Å². The number of likely N-dealkylation sites (N-methyl/N-ethyl adjacent to an activating group) is 1. The molecule has 4 heteroatoms. The molecule has 0 bridgehead atoms. The third-order valence-corrected chi connectivity index (χ3v) is 3.26. The molecule has 0 fully saturated rings. The van der Waals surface area contributed by atoms with Crippen LogP contribution in [0.15, 0.2) is 30.3 Å². The SMILES string of the molecule is CC(C)N(C)C(=O)CNC(CO)Cc1ccccc1. The van der Waals surface area contributed by atoms with Gasteiger partial charge in [0.25, 0.3) is 0 Å². The molecule has 0 aliphatic heterocycles. The van der Waals surface area contributed by atoms with Crippen molar-refractivity contribution >= 4 is 5.91 Å². The molecule has 4 nitrogen and oxygen atoms in total. The Hall–Kier alpha value is -1.39. The van der Waals surface area contributed by atoms with Crippen LogP contribution in [0, 0.1) is 0 Å². The van der Waals surface area contributed by atoms with Gasteiger partial charge < -0.3 is 15.3 Å². The largest absolute Gasteiger partial charge is 0.395 e. The summed E-state index contributed by atoms with van der Waals surface area (Å²) in [5.74, 6) is 0.0431. The Morgan fingerprint density at radius 2 is 1.95 bits per heavy atom. The van der Waals surface area contributed by atoms with E-state index in [1.807, 2.05) is 44.2 Å². The molecule has 0 heterocycles. The Balaban J connectivity index is 2.43. The standard InChI is InChI=1S/C15H24N2O2/c1-12(2)17(3)15(19)10-16-14(11-18)9-13-7-5-4-6-8-13/h4-8,12,14,16,18H,9-11H2,1-3H3. The third-order valence-electron chi connectivity index (χ3n) is 3.26. The number of carbonyl (C=O) groups excluding carboxylic acids is 1. The molecule has 106 valence electrons. The average molecular weight is 264 g/mol. The fourth-order valence-electron chi connectivity index (χ4n) is 1.74. The van der Waals surface area contributed by atoms with Crippen LogP contribution in [0.5, 0.6) is 0 Å². The predicted octanol–water partition coefficient (Wildman–Crippen LogP) is 1.05. The van der Waals surface area contributed by atoms with E-state index in [-0.39, 0.29) is 31.1 Å². The maximum atomic E-state index is 11.8. The van der Waals surface area contributed by atoms with Crippen molar-refractivity contribution in [1.82, 2.24) is 10.2 Å². The summed E-state index contributed by atoms with van der Waals surface area (Å²) in [6.07, 6.45) is 0.718. The van der Waals surface area contributed by atoms with Crippen LogP contribution in [-0.4, -0.2) is 48.2 Å². The molecule has 1 aromatic carbocycles. The van der Waals surface area contributed by atoms with Crippen molar-refractivity contribution in [1.29, 1.82) is 0 Å². The van der Waals surface area contributed by atoms with Gasteiger partial charge in [-0.2, -0.15) is 0 Å². The lowest BCUT2D eigenvalue weighted by molar-refractivity contribution is -0.130. The molecule has 19 heavy (non-hydrogen) atoms. The van der Waals surface area contributed by atoms with Crippen LogP contribution < -0.4 is 5.32 Å². The number of hydrogen-bond acceptors (Lipinski definition) is 3. The fraction of sp³-hybridized carbons (Fsp3) is 0.533. The second kappa shape index (κ2) is 7.92. The van der Waals surface area contributed by atoms with Crippen molar-refractivity contribution in [2.24, 2.45) is 0 Å². The van der Waals surface area contributed by atoms with E-state index in [0.717, 1.165) is 12.0 Å². The van der Waals surface area contributed by atoms with Gasteiger partial charge in [-0.3, -0.25) is 4.79 Å². The first-order chi connectivity index (χ1) is 9.04. The summed E-state index contributed by atoms with van der Waals surface area (Å²) in [6.45, 7) is 4.23. The van der Waals surface area contributed by atoms with Crippen LogP contribution in [0.3, 0.4) is 0 Å². The van der Waals surface area contributed by atoms with E-state index in [4.69, 9.17) is 0 Å². The van der Waals surface area contributed by atoms with E-state index < -0.39 is 0 Å². The molecule has 0 spiro atoms. The Labute approximate surface area is 115 Å². The van der Waals surface area contributed by atoms with Gasteiger partial charge in [-0.15, -0.1) is 0 Å². The van der Waals surface area contributed by atoms with Crippen LogP contribution in [0.25, 0.3) is 0 Å². The van der Waals surface area contributed by atoms with Crippen LogP contribution >= 0.6 is 0 Å². The first kappa shape index (κ1) is 15.7. The molecule has 1 unspecified atom stereocenters. The van der Waals surface area contributed by atoms with Gasteiger partial charge in [-0.25, -0.2) is 0 Å². The van der Waals surface area contributed by atoms with Crippen LogP contribution in [0.4, 0.5) is 0 Å². The van der Waals surface area contributed by atoms with Gasteiger partial charge in [0.2, 0.25) is 5.91 Å². The molecule has 1 rings (SSSR count). The zero-order chi connectivity index (χ0) is 14.3. The smallest absolute Gasteiger partial charge is 0.236 e. The van der Waals surface area contributed by atoms with E-state index in [1.165, 1.54) is 0 Å². The molecular formula is C15H24N2O2. The summed E-state index contributed by atoms with van der Waals surface area (Å²) < 4.78 is 0. The molecule has 1 atom stereocenters. The summed E-state index contributed by atoms with van der Waals surface area (Å²) in [5, 5.41) is 12.5. The molecule has 0 saturated carbocycles. The van der Waals surface area contributed by atoms with E-state index in [2.05, 4.69) is 5.32 Å². The summed E-state index contributed by atoms with van der Waals surface area (Å²) in [6, 6.07) is 10.1. The number of aliphatic hydroxyl groups excluding tert-OH is 1. The third kappa shape index (κ3) is 5.41. The van der Waals surface area contributed by atoms with Gasteiger partial charge in [0.15, 0.2) is 0 Å². The van der Waals surface area contributed by atoms with Crippen molar-refractivity contribution in [2.75, 3.05) is 20.2 Å². The lowest BCUT2D eigenvalue weighted by Crippen LogP contribution is -2.44. The lowest BCUT2D eigenvalue weighted by Gasteiger charge is -2.23. The van der Waals surface area contributed by atoms with Gasteiger partial charge in [0.1, 0.15) is 0 Å². The van der Waals surface area contributed by atoms with Crippen molar-refractivity contribution < 1.29 is 9.90 Å². The number of hydrogen-bond donors (Lipinski definition) is 2. The minimum absolute atomic E-state index is 0.0214. The highest BCUT2D eigenvalue weighted by Gasteiger charge is 2.14. The van der Waals surface area contributed by atoms with E-state index in [1.54, 1.807) is 11.9 Å². The first-order valence-electron chi connectivity index (χ1n) is 6.68. The highest BCUT2D eigenvalue weighted by Crippen LogP contribution is 2.03. The number of benzene rings is 1. The fourth-order valence-corrected chi connectivity index (χ4v) is 1.74. The van der Waals surface area contributed by atoms with Crippen LogP contribution in [0.1, 0.15) is 19.4 Å². The summed E-state index contributed by atoms with van der Waals surface area (Å²) in [7, 11) is 1.79. The Bertz CT molecular complexity index is 379. The van der Waals surface area contributed by atoms with Crippen LogP contribution in [0.2, 0.25) is 0 Å². The number of amides is 1. The highest BCUT2D eigenvalue weighted by molar-refractivity contribution is 5.78. The highest BCUT2D eigenvalue weighted by atomic mass is 16.3. The number of carbonyl (C=O) groups is 1. The zero-order valence-corrected chi connectivity index (χ0v) is 12.0. The van der Waals surface area contributed by atoms with Crippen molar-refractivity contribution in [3.8, 4) is 0 Å². The Morgan fingerprint density at radius 1 is 1.32 bits per heavy atom. The molecule has 0 aliphatic carbocycles. The molecule has 0 aromatic heterocycles. The average Bonchev–Trinajstić information content (AvgIpc) is 2.43. The Morgan fingerprint density at radius 3 is 2.47 bits per heavy atom. The second-order valence-electron chi connectivity index (χ2n) is 5.05. The molecule has 2 N–H and O–H groups in total. The van der Waals surface area contributed by atoms with Gasteiger partial charge >= 0.3 is 0 Å². The first-order valence-corrected chi connectivity index (χ1v) is 6.68. The molecule has 0 radical (unpaired) electrons. The zero-order valence-electron chi connectivity index (χ0n) is 12.0. The van der Waals surface area contributed by atoms with Gasteiger partial charge in [0.05, 0.1) is 13.2 Å². The summed E-state index contributed by atoms with van der Waals surface area (Å²) in [5.41, 5.74) is 1.15. The van der Waals surface area contributed by atoms with Crippen molar-refractivity contribution in [2.45, 2.75) is 32.4 Å².